The van der Waals surface area contributed by atoms with Gasteiger partial charge in [-0.3, -0.25) is 0 Å². The quantitative estimate of drug-likeness (QED) is 0.205. The summed E-state index contributed by atoms with van der Waals surface area (Å²) in [5, 5.41) is 4.45. The maximum Gasteiger partial charge on any atom is 0.207 e. The zero-order valence-corrected chi connectivity index (χ0v) is 23.3. The molecule has 0 amide bonds. The van der Waals surface area contributed by atoms with Gasteiger partial charge in [0.25, 0.3) is 0 Å². The van der Waals surface area contributed by atoms with Gasteiger partial charge in [0, 0.05) is 21.8 Å². The molecule has 0 fully saturated rings. The smallest absolute Gasteiger partial charge is 0.207 e. The Morgan fingerprint density at radius 3 is 2.17 bits per heavy atom. The summed E-state index contributed by atoms with van der Waals surface area (Å²) >= 11 is 0. The molecule has 7 aromatic rings. The van der Waals surface area contributed by atoms with Crippen molar-refractivity contribution in [3.8, 4) is 33.4 Å². The fourth-order valence-corrected chi connectivity index (χ4v) is 9.34. The minimum Gasteiger partial charge on any atom is -0.456 e. The topological polar surface area (TPSA) is 47.3 Å². The van der Waals surface area contributed by atoms with Crippen LogP contribution in [0.15, 0.2) is 123 Å². The molecule has 0 atom stereocenters. The summed E-state index contributed by atoms with van der Waals surface area (Å²) in [6.07, 6.45) is 0. The molecule has 3 nitrogen and oxygen atoms in total. The van der Waals surface area contributed by atoms with E-state index in [1.54, 1.807) is 6.07 Å². The number of rotatable bonds is 1. The van der Waals surface area contributed by atoms with Gasteiger partial charge in [0.15, 0.2) is 0 Å². The van der Waals surface area contributed by atoms with Crippen LogP contribution in [0.2, 0.25) is 0 Å². The number of hydrogen-bond donors (Lipinski definition) is 0. The third kappa shape index (κ3) is 2.80. The van der Waals surface area contributed by atoms with Gasteiger partial charge in [-0.05, 0) is 74.0 Å². The van der Waals surface area contributed by atoms with Crippen molar-refractivity contribution < 1.29 is 12.8 Å². The van der Waals surface area contributed by atoms with E-state index in [9.17, 15) is 8.42 Å². The van der Waals surface area contributed by atoms with Gasteiger partial charge in [-0.2, -0.15) is 0 Å². The van der Waals surface area contributed by atoms with Crippen molar-refractivity contribution in [2.24, 2.45) is 0 Å². The maximum atomic E-state index is 14.1. The first-order chi connectivity index (χ1) is 19.9. The molecular weight excluding hydrogens is 524 g/mol. The Morgan fingerprint density at radius 1 is 0.585 bits per heavy atom. The Bertz CT molecular complexity index is 2400. The molecule has 9 rings (SSSR count). The summed E-state index contributed by atoms with van der Waals surface area (Å²) in [6, 6.07) is 36.6. The fourth-order valence-electron chi connectivity index (χ4n) is 7.34. The first-order valence-electron chi connectivity index (χ1n) is 13.9. The third-order valence-electron chi connectivity index (χ3n) is 9.21. The average Bonchev–Trinajstić information content (AvgIpc) is 3.52. The van der Waals surface area contributed by atoms with Crippen molar-refractivity contribution in [2.75, 3.05) is 0 Å². The average molecular weight is 549 g/mol. The van der Waals surface area contributed by atoms with Crippen LogP contribution in [-0.4, -0.2) is 8.42 Å². The van der Waals surface area contributed by atoms with Crippen molar-refractivity contribution >= 4 is 42.5 Å². The van der Waals surface area contributed by atoms with Gasteiger partial charge in [0.2, 0.25) is 9.84 Å². The van der Waals surface area contributed by atoms with E-state index in [2.05, 4.69) is 68.4 Å². The van der Waals surface area contributed by atoms with Crippen LogP contribution in [-0.2, 0) is 15.3 Å². The van der Waals surface area contributed by atoms with Crippen LogP contribution in [0, 0.1) is 0 Å². The summed E-state index contributed by atoms with van der Waals surface area (Å²) in [4.78, 5) is 0.773. The van der Waals surface area contributed by atoms with Gasteiger partial charge < -0.3 is 4.42 Å². The lowest BCUT2D eigenvalue weighted by atomic mass is 9.77. The lowest BCUT2D eigenvalue weighted by molar-refractivity contribution is 0.556. The molecule has 0 saturated carbocycles. The highest BCUT2D eigenvalue weighted by Crippen LogP contribution is 2.55. The Balaban J connectivity index is 1.44. The Hall–Kier alpha value is -4.67. The summed E-state index contributed by atoms with van der Waals surface area (Å²) < 4.78 is 34.7. The zero-order chi connectivity index (χ0) is 27.7. The predicted octanol–water partition coefficient (Wildman–Crippen LogP) is 9.53. The first-order valence-corrected chi connectivity index (χ1v) is 15.3. The summed E-state index contributed by atoms with van der Waals surface area (Å²) in [7, 11) is -3.72. The highest BCUT2D eigenvalue weighted by atomic mass is 32.2. The van der Waals surface area contributed by atoms with Crippen LogP contribution >= 0.6 is 0 Å². The minimum atomic E-state index is -3.72. The Morgan fingerprint density at radius 2 is 1.32 bits per heavy atom. The normalized spacial score (nSPS) is 15.7. The minimum absolute atomic E-state index is 0.381. The second-order valence-corrected chi connectivity index (χ2v) is 13.6. The molecule has 196 valence electrons. The van der Waals surface area contributed by atoms with E-state index in [1.807, 2.05) is 48.5 Å². The van der Waals surface area contributed by atoms with Gasteiger partial charge in [-0.15, -0.1) is 0 Å². The van der Waals surface area contributed by atoms with Crippen molar-refractivity contribution in [3.05, 3.63) is 120 Å². The predicted molar refractivity (Wildman–Crippen MR) is 165 cm³/mol. The number of benzene rings is 6. The van der Waals surface area contributed by atoms with Crippen molar-refractivity contribution in [2.45, 2.75) is 29.1 Å². The van der Waals surface area contributed by atoms with E-state index < -0.39 is 15.3 Å². The molecule has 0 unspecified atom stereocenters. The largest absolute Gasteiger partial charge is 0.456 e. The molecule has 0 saturated heterocycles. The standard InChI is InChI=1S/C37H24O3S/c1-37(2)27-14-4-6-16-31(27)41(38,39)32-19-22(17-18-28(32)37)34-35-25-13-8-10-21-9-7-12-23(33(21)25)26(35)20-30-36(34)24-11-3-5-15-29(24)40-30/h3-20H,1-2H3. The van der Waals surface area contributed by atoms with Crippen LogP contribution in [0.25, 0.3) is 66.1 Å². The molecule has 1 aromatic heterocycles. The van der Waals surface area contributed by atoms with Gasteiger partial charge in [-0.1, -0.05) is 98.8 Å². The van der Waals surface area contributed by atoms with E-state index in [0.29, 0.717) is 9.79 Å². The summed E-state index contributed by atoms with van der Waals surface area (Å²) in [6.45, 7) is 4.22. The molecule has 6 aromatic carbocycles. The van der Waals surface area contributed by atoms with Crippen molar-refractivity contribution in [1.82, 2.24) is 0 Å². The summed E-state index contributed by atoms with van der Waals surface area (Å²) in [5.41, 5.74) is 9.31. The number of fused-ring (bicyclic) bond motifs is 8. The van der Waals surface area contributed by atoms with E-state index in [4.69, 9.17) is 4.42 Å². The molecule has 1 aliphatic heterocycles. The van der Waals surface area contributed by atoms with E-state index in [-0.39, 0.29) is 0 Å². The third-order valence-corrected chi connectivity index (χ3v) is 11.1. The maximum absolute atomic E-state index is 14.1. The second kappa shape index (κ2) is 7.54. The highest BCUT2D eigenvalue weighted by molar-refractivity contribution is 7.91. The van der Waals surface area contributed by atoms with E-state index in [1.165, 1.54) is 21.9 Å². The highest BCUT2D eigenvalue weighted by Gasteiger charge is 2.41. The van der Waals surface area contributed by atoms with Crippen LogP contribution in [0.1, 0.15) is 25.0 Å². The molecule has 2 heterocycles. The van der Waals surface area contributed by atoms with Gasteiger partial charge >= 0.3 is 0 Å². The van der Waals surface area contributed by atoms with Gasteiger partial charge in [0.1, 0.15) is 11.2 Å². The molecule has 2 aliphatic rings. The van der Waals surface area contributed by atoms with Gasteiger partial charge in [-0.25, -0.2) is 8.42 Å². The summed E-state index contributed by atoms with van der Waals surface area (Å²) in [5.74, 6) is 0. The first kappa shape index (κ1) is 23.1. The van der Waals surface area contributed by atoms with E-state index >= 15 is 0 Å². The van der Waals surface area contributed by atoms with Gasteiger partial charge in [0.05, 0.1) is 9.79 Å². The number of hydrogen-bond acceptors (Lipinski definition) is 3. The SMILES string of the molecule is CC1(C)c2ccccc2S(=O)(=O)c2cc(-c3c4c(cc5oc6ccccc6c35)-c3cccc5cccc-4c35)ccc21. The zero-order valence-electron chi connectivity index (χ0n) is 22.5. The van der Waals surface area contributed by atoms with Crippen molar-refractivity contribution in [1.29, 1.82) is 0 Å². The molecule has 4 heteroatoms. The van der Waals surface area contributed by atoms with Crippen molar-refractivity contribution in [3.63, 3.8) is 0 Å². The van der Waals surface area contributed by atoms with Crippen LogP contribution in [0.5, 0.6) is 0 Å². The molecule has 1 aliphatic carbocycles. The molecule has 0 spiro atoms. The second-order valence-electron chi connectivity index (χ2n) is 11.7. The molecule has 0 N–H and O–H groups in total. The van der Waals surface area contributed by atoms with Crippen LogP contribution < -0.4 is 0 Å². The fraction of sp³-hybridized carbons (Fsp3) is 0.0811. The lowest BCUT2D eigenvalue weighted by Gasteiger charge is -2.35. The molecule has 41 heavy (non-hydrogen) atoms. The molecule has 0 radical (unpaired) electrons. The Labute approximate surface area is 237 Å². The van der Waals surface area contributed by atoms with Crippen LogP contribution in [0.4, 0.5) is 0 Å². The number of sulfone groups is 1. The number of furan rings is 1. The molecular formula is C37H24O3S. The Kier molecular flexibility index (Phi) is 4.24. The molecule has 0 bridgehead atoms. The lowest BCUT2D eigenvalue weighted by Crippen LogP contribution is -2.29. The number of para-hydroxylation sites is 1. The monoisotopic (exact) mass is 548 g/mol. The van der Waals surface area contributed by atoms with E-state index in [0.717, 1.165) is 55.3 Å². The van der Waals surface area contributed by atoms with Crippen LogP contribution in [0.3, 0.4) is 0 Å².